The van der Waals surface area contributed by atoms with Crippen LogP contribution in [0.5, 0.6) is 17.2 Å². The highest BCUT2D eigenvalue weighted by Crippen LogP contribution is 2.33. The van der Waals surface area contributed by atoms with E-state index in [9.17, 15) is 19.8 Å². The molecule has 0 saturated carbocycles. The number of benzene rings is 2. The van der Waals surface area contributed by atoms with E-state index < -0.39 is 18.0 Å². The van der Waals surface area contributed by atoms with Crippen molar-refractivity contribution >= 4 is 27.9 Å². The monoisotopic (exact) mass is 315 g/mol. The van der Waals surface area contributed by atoms with Gasteiger partial charge in [-0.25, -0.2) is 0 Å². The van der Waals surface area contributed by atoms with Gasteiger partial charge in [0.2, 0.25) is 5.43 Å². The number of aliphatic carboxylic acids is 1. The van der Waals surface area contributed by atoms with Crippen molar-refractivity contribution < 1.29 is 28.9 Å². The molecule has 1 heterocycles. The number of methoxy groups -OCH3 is 1. The molecule has 7 nitrogen and oxygen atoms in total. The van der Waals surface area contributed by atoms with Crippen LogP contribution in [0, 0.1) is 0 Å². The van der Waals surface area contributed by atoms with Crippen molar-refractivity contribution in [3.05, 3.63) is 40.6 Å². The number of para-hydroxylation sites is 1. The van der Waals surface area contributed by atoms with Crippen LogP contribution in [-0.4, -0.2) is 24.8 Å². The number of hydrogen-bond acceptors (Lipinski definition) is 7. The lowest BCUT2D eigenvalue weighted by Gasteiger charge is -2.10. The molecule has 118 valence electrons. The summed E-state index contributed by atoms with van der Waals surface area (Å²) in [5.41, 5.74) is -0.145. The number of fused-ring (bicyclic) bond motifs is 2. The topological polar surface area (TPSA) is 109 Å². The molecular weight excluding hydrogens is 304 g/mol. The van der Waals surface area contributed by atoms with Crippen LogP contribution < -0.4 is 20.0 Å². The van der Waals surface area contributed by atoms with Crippen LogP contribution in [0.2, 0.25) is 0 Å². The lowest BCUT2D eigenvalue weighted by atomic mass is 10.1. The number of phenolic OH excluding ortho intramolecular Hbond substituents is 1. The predicted octanol–water partition coefficient (Wildman–Crippen LogP) is 0.789. The Balaban J connectivity index is 2.29. The lowest BCUT2D eigenvalue weighted by Crippen LogP contribution is -2.28. The molecule has 1 aromatic heterocycles. The highest BCUT2D eigenvalue weighted by Gasteiger charge is 2.15. The first-order valence-corrected chi connectivity index (χ1v) is 6.60. The van der Waals surface area contributed by atoms with Crippen LogP contribution in [0.15, 0.2) is 39.5 Å². The van der Waals surface area contributed by atoms with Gasteiger partial charge in [0.15, 0.2) is 11.3 Å². The first kappa shape index (κ1) is 14.7. The Labute approximate surface area is 129 Å². The van der Waals surface area contributed by atoms with E-state index >= 15 is 0 Å². The van der Waals surface area contributed by atoms with Gasteiger partial charge >= 0.3 is 0 Å². The number of rotatable bonds is 4. The third-order valence-electron chi connectivity index (χ3n) is 3.29. The fourth-order valence-corrected chi connectivity index (χ4v) is 2.32. The van der Waals surface area contributed by atoms with E-state index in [4.69, 9.17) is 13.9 Å². The summed E-state index contributed by atoms with van der Waals surface area (Å²) in [5.74, 6) is -1.38. The van der Waals surface area contributed by atoms with E-state index in [0.717, 1.165) is 6.07 Å². The quantitative estimate of drug-likeness (QED) is 0.709. The van der Waals surface area contributed by atoms with Crippen molar-refractivity contribution in [2.75, 3.05) is 13.7 Å². The van der Waals surface area contributed by atoms with Crippen molar-refractivity contribution in [3.8, 4) is 17.2 Å². The van der Waals surface area contributed by atoms with Gasteiger partial charge in [0.05, 0.1) is 18.5 Å². The minimum Gasteiger partial charge on any atom is -0.546 e. The number of phenols is 1. The summed E-state index contributed by atoms with van der Waals surface area (Å²) in [6.07, 6.45) is 0. The molecule has 0 aliphatic carbocycles. The van der Waals surface area contributed by atoms with Gasteiger partial charge in [-0.3, -0.25) is 4.79 Å². The Morgan fingerprint density at radius 3 is 2.83 bits per heavy atom. The maximum atomic E-state index is 12.5. The van der Waals surface area contributed by atoms with Crippen LogP contribution >= 0.6 is 0 Å². The van der Waals surface area contributed by atoms with Crippen molar-refractivity contribution in [1.29, 1.82) is 0 Å². The smallest absolute Gasteiger partial charge is 0.204 e. The van der Waals surface area contributed by atoms with E-state index in [1.165, 1.54) is 13.2 Å². The second-order valence-corrected chi connectivity index (χ2v) is 4.74. The van der Waals surface area contributed by atoms with E-state index in [0.29, 0.717) is 5.75 Å². The number of hydrogen-bond donors (Lipinski definition) is 1. The minimum atomic E-state index is -1.41. The Hall–Kier alpha value is -3.22. The molecule has 0 bridgehead atoms. The summed E-state index contributed by atoms with van der Waals surface area (Å²) in [6.45, 7) is -0.688. The standard InChI is InChI=1S/C16H12O7/c1-21-11-4-2-3-9-15(20)14-10(17)5-8(22-7-13(18)19)6-12(14)23-16(9)11/h2-6,17H,7H2,1H3,(H,18,19)/p-1. The molecule has 1 N–H and O–H groups in total. The summed E-state index contributed by atoms with van der Waals surface area (Å²) >= 11 is 0. The number of carbonyl (C=O) groups is 1. The summed E-state index contributed by atoms with van der Waals surface area (Å²) in [7, 11) is 1.44. The zero-order chi connectivity index (χ0) is 16.6. The van der Waals surface area contributed by atoms with Crippen LogP contribution in [0.4, 0.5) is 0 Å². The molecule has 0 radical (unpaired) electrons. The SMILES string of the molecule is COc1cccc2c(=O)c3c(O)cc(OCC(=O)[O-])cc3oc12. The Morgan fingerprint density at radius 1 is 1.35 bits per heavy atom. The normalized spacial score (nSPS) is 10.8. The molecular formula is C16H11O7-. The van der Waals surface area contributed by atoms with Gasteiger partial charge in [0.1, 0.15) is 29.1 Å². The number of carbonyl (C=O) groups excluding carboxylic acids is 1. The molecule has 0 saturated heterocycles. The number of aromatic hydroxyl groups is 1. The summed E-state index contributed by atoms with van der Waals surface area (Å²) < 4.78 is 15.8. The van der Waals surface area contributed by atoms with E-state index in [1.54, 1.807) is 18.2 Å². The molecule has 2 aromatic carbocycles. The molecule has 7 heteroatoms. The van der Waals surface area contributed by atoms with Gasteiger partial charge in [0.25, 0.3) is 0 Å². The van der Waals surface area contributed by atoms with E-state index in [-0.39, 0.29) is 33.4 Å². The van der Waals surface area contributed by atoms with Crippen molar-refractivity contribution in [3.63, 3.8) is 0 Å². The number of carboxylic acids is 1. The Kier molecular flexibility index (Phi) is 3.53. The third kappa shape index (κ3) is 2.52. The maximum absolute atomic E-state index is 12.5. The van der Waals surface area contributed by atoms with Crippen LogP contribution in [0.25, 0.3) is 21.9 Å². The first-order valence-electron chi connectivity index (χ1n) is 6.60. The van der Waals surface area contributed by atoms with Gasteiger partial charge in [-0.1, -0.05) is 6.07 Å². The fraction of sp³-hybridized carbons (Fsp3) is 0.125. The fourth-order valence-electron chi connectivity index (χ4n) is 2.32. The van der Waals surface area contributed by atoms with Gasteiger partial charge in [0, 0.05) is 12.1 Å². The molecule has 0 aliphatic rings. The molecule has 0 fully saturated rings. The molecule has 0 atom stereocenters. The Bertz CT molecular complexity index is 971. The Morgan fingerprint density at radius 2 is 2.13 bits per heavy atom. The first-order chi connectivity index (χ1) is 11.0. The second-order valence-electron chi connectivity index (χ2n) is 4.74. The van der Waals surface area contributed by atoms with Crippen LogP contribution in [-0.2, 0) is 4.79 Å². The zero-order valence-electron chi connectivity index (χ0n) is 12.0. The number of carboxylic acid groups (broad SMARTS) is 1. The zero-order valence-corrected chi connectivity index (χ0v) is 12.0. The summed E-state index contributed by atoms with van der Waals surface area (Å²) in [4.78, 5) is 23.0. The van der Waals surface area contributed by atoms with Crippen molar-refractivity contribution in [2.24, 2.45) is 0 Å². The lowest BCUT2D eigenvalue weighted by molar-refractivity contribution is -0.307. The van der Waals surface area contributed by atoms with E-state index in [2.05, 4.69) is 0 Å². The van der Waals surface area contributed by atoms with Crippen molar-refractivity contribution in [1.82, 2.24) is 0 Å². The van der Waals surface area contributed by atoms with Crippen LogP contribution in [0.1, 0.15) is 0 Å². The highest BCUT2D eigenvalue weighted by molar-refractivity contribution is 5.95. The molecule has 0 aliphatic heterocycles. The van der Waals surface area contributed by atoms with E-state index in [1.807, 2.05) is 0 Å². The molecule has 0 spiro atoms. The molecule has 3 aromatic rings. The van der Waals surface area contributed by atoms with Crippen molar-refractivity contribution in [2.45, 2.75) is 0 Å². The predicted molar refractivity (Wildman–Crippen MR) is 78.7 cm³/mol. The average Bonchev–Trinajstić information content (AvgIpc) is 2.52. The van der Waals surface area contributed by atoms with Gasteiger partial charge in [-0.15, -0.1) is 0 Å². The second kappa shape index (κ2) is 5.53. The number of ether oxygens (including phenoxy) is 2. The molecule has 0 amide bonds. The molecule has 3 rings (SSSR count). The summed E-state index contributed by atoms with van der Waals surface area (Å²) in [6, 6.07) is 7.30. The minimum absolute atomic E-state index is 0.0217. The summed E-state index contributed by atoms with van der Waals surface area (Å²) in [5, 5.41) is 20.7. The largest absolute Gasteiger partial charge is 0.546 e. The highest BCUT2D eigenvalue weighted by atomic mass is 16.5. The van der Waals surface area contributed by atoms with Gasteiger partial charge in [-0.05, 0) is 12.1 Å². The molecule has 0 unspecified atom stereocenters. The molecule has 23 heavy (non-hydrogen) atoms. The third-order valence-corrected chi connectivity index (χ3v) is 3.29. The van der Waals surface area contributed by atoms with Crippen LogP contribution in [0.3, 0.4) is 0 Å². The maximum Gasteiger partial charge on any atom is 0.204 e. The average molecular weight is 315 g/mol. The van der Waals surface area contributed by atoms with Gasteiger partial charge in [-0.2, -0.15) is 0 Å². The van der Waals surface area contributed by atoms with Gasteiger partial charge < -0.3 is 28.9 Å².